The number of nitrogens with zero attached hydrogens (tertiary/aromatic N) is 2. The zero-order valence-corrected chi connectivity index (χ0v) is 13.1. The molecule has 1 heterocycles. The lowest BCUT2D eigenvalue weighted by Crippen LogP contribution is -2.27. The molecule has 0 fully saturated rings. The van der Waals surface area contributed by atoms with Crippen molar-refractivity contribution in [2.24, 2.45) is 0 Å². The zero-order valence-electron chi connectivity index (χ0n) is 13.1. The van der Waals surface area contributed by atoms with Crippen LogP contribution in [-0.4, -0.2) is 42.2 Å². The molecule has 112 valence electrons. The summed E-state index contributed by atoms with van der Waals surface area (Å²) in [7, 11) is 4.11. The maximum Gasteiger partial charge on any atom is 0.412 e. The van der Waals surface area contributed by atoms with Gasteiger partial charge in [0.2, 0.25) is 0 Å². The Kier molecular flexibility index (Phi) is 5.95. The van der Waals surface area contributed by atoms with Gasteiger partial charge in [-0.15, -0.1) is 0 Å². The van der Waals surface area contributed by atoms with Crippen molar-refractivity contribution in [1.29, 1.82) is 0 Å². The lowest BCUT2D eigenvalue weighted by atomic mass is 10.1. The number of pyridine rings is 1. The molecule has 1 amide bonds. The fourth-order valence-electron chi connectivity index (χ4n) is 1.71. The predicted molar refractivity (Wildman–Crippen MR) is 81.0 cm³/mol. The molecule has 5 nitrogen and oxygen atoms in total. The van der Waals surface area contributed by atoms with E-state index >= 15 is 0 Å². The smallest absolute Gasteiger partial charge is 0.412 e. The van der Waals surface area contributed by atoms with Crippen LogP contribution in [0.1, 0.15) is 32.8 Å². The fraction of sp³-hybridized carbons (Fsp3) is 0.600. The summed E-state index contributed by atoms with van der Waals surface area (Å²) in [5.41, 5.74) is 1.28. The minimum absolute atomic E-state index is 0.454. The second-order valence-corrected chi connectivity index (χ2v) is 6.12. The van der Waals surface area contributed by atoms with E-state index in [0.29, 0.717) is 5.69 Å². The van der Waals surface area contributed by atoms with Crippen LogP contribution in [0, 0.1) is 0 Å². The Bertz CT molecular complexity index is 439. The van der Waals surface area contributed by atoms with Gasteiger partial charge in [-0.3, -0.25) is 10.3 Å². The van der Waals surface area contributed by atoms with Crippen molar-refractivity contribution in [1.82, 2.24) is 9.88 Å². The van der Waals surface area contributed by atoms with E-state index in [1.807, 2.05) is 33.0 Å². The van der Waals surface area contributed by atoms with E-state index in [-0.39, 0.29) is 0 Å². The Hall–Kier alpha value is -1.62. The number of amides is 1. The second kappa shape index (κ2) is 7.24. The maximum absolute atomic E-state index is 11.7. The molecule has 0 aromatic carbocycles. The first kappa shape index (κ1) is 16.4. The van der Waals surface area contributed by atoms with Gasteiger partial charge in [0.1, 0.15) is 5.60 Å². The van der Waals surface area contributed by atoms with Crippen molar-refractivity contribution in [3.05, 3.63) is 24.0 Å². The highest BCUT2D eigenvalue weighted by atomic mass is 16.6. The van der Waals surface area contributed by atoms with Gasteiger partial charge in [0.15, 0.2) is 0 Å². The van der Waals surface area contributed by atoms with E-state index in [2.05, 4.69) is 29.3 Å². The molecule has 0 aliphatic carbocycles. The summed E-state index contributed by atoms with van der Waals surface area (Å²) < 4.78 is 5.21. The van der Waals surface area contributed by atoms with Gasteiger partial charge < -0.3 is 9.64 Å². The molecule has 1 aromatic heterocycles. The number of hydrogen-bond donors (Lipinski definition) is 1. The lowest BCUT2D eigenvalue weighted by molar-refractivity contribution is 0.0636. The summed E-state index contributed by atoms with van der Waals surface area (Å²) in [6.07, 6.45) is 5.00. The van der Waals surface area contributed by atoms with Gasteiger partial charge in [0.05, 0.1) is 11.9 Å². The molecule has 0 spiro atoms. The van der Waals surface area contributed by atoms with E-state index in [1.54, 1.807) is 6.20 Å². The van der Waals surface area contributed by atoms with E-state index in [1.165, 1.54) is 0 Å². The summed E-state index contributed by atoms with van der Waals surface area (Å²) in [4.78, 5) is 18.0. The molecule has 0 atom stereocenters. The standard InChI is InChI=1S/C15H25N3O2/c1-15(2,3)20-14(19)17-13-9-12(10-16-11-13)7-6-8-18(4)5/h9-11H,6-8H2,1-5H3,(H,17,19). The van der Waals surface area contributed by atoms with Gasteiger partial charge in [0, 0.05) is 6.20 Å². The number of rotatable bonds is 5. The second-order valence-electron chi connectivity index (χ2n) is 6.12. The van der Waals surface area contributed by atoms with Crippen LogP contribution in [-0.2, 0) is 11.2 Å². The lowest BCUT2D eigenvalue weighted by Gasteiger charge is -2.19. The molecule has 0 aliphatic rings. The number of carbonyl (C=O) groups excluding carboxylic acids is 1. The summed E-state index contributed by atoms with van der Waals surface area (Å²) in [6.45, 7) is 6.54. The van der Waals surface area contributed by atoms with E-state index in [4.69, 9.17) is 4.74 Å². The SMILES string of the molecule is CN(C)CCCc1cncc(NC(=O)OC(C)(C)C)c1. The third-order valence-electron chi connectivity index (χ3n) is 2.51. The molecule has 20 heavy (non-hydrogen) atoms. The van der Waals surface area contributed by atoms with Crippen molar-refractivity contribution in [2.75, 3.05) is 26.0 Å². The minimum Gasteiger partial charge on any atom is -0.444 e. The predicted octanol–water partition coefficient (Wildman–Crippen LogP) is 2.92. The average molecular weight is 279 g/mol. The van der Waals surface area contributed by atoms with Crippen LogP contribution in [0.15, 0.2) is 18.5 Å². The number of hydrogen-bond acceptors (Lipinski definition) is 4. The largest absolute Gasteiger partial charge is 0.444 e. The Labute approximate surface area is 121 Å². The highest BCUT2D eigenvalue weighted by molar-refractivity contribution is 5.84. The molecule has 0 saturated heterocycles. The molecule has 0 radical (unpaired) electrons. The zero-order chi connectivity index (χ0) is 15.2. The van der Waals surface area contributed by atoms with Crippen LogP contribution in [0.4, 0.5) is 10.5 Å². The number of ether oxygens (including phenoxy) is 1. The summed E-state index contributed by atoms with van der Waals surface area (Å²) in [5, 5.41) is 2.70. The molecule has 0 aliphatic heterocycles. The van der Waals surface area contributed by atoms with Gasteiger partial charge in [0.25, 0.3) is 0 Å². The van der Waals surface area contributed by atoms with Crippen LogP contribution in [0.2, 0.25) is 0 Å². The van der Waals surface area contributed by atoms with Crippen molar-refractivity contribution < 1.29 is 9.53 Å². The average Bonchev–Trinajstić information content (AvgIpc) is 2.26. The quantitative estimate of drug-likeness (QED) is 0.900. The van der Waals surface area contributed by atoms with Crippen molar-refractivity contribution in [3.8, 4) is 0 Å². The van der Waals surface area contributed by atoms with Crippen LogP contribution in [0.25, 0.3) is 0 Å². The van der Waals surface area contributed by atoms with E-state index in [0.717, 1.165) is 24.9 Å². The Balaban J connectivity index is 2.53. The summed E-state index contributed by atoms with van der Waals surface area (Å²) in [6, 6.07) is 1.94. The Morgan fingerprint density at radius 1 is 1.35 bits per heavy atom. The molecular formula is C15H25N3O2. The maximum atomic E-state index is 11.7. The number of carbonyl (C=O) groups is 1. The molecule has 5 heteroatoms. The first-order valence-electron chi connectivity index (χ1n) is 6.85. The van der Waals surface area contributed by atoms with Crippen LogP contribution >= 0.6 is 0 Å². The summed E-state index contributed by atoms with van der Waals surface area (Å²) in [5.74, 6) is 0. The normalized spacial score (nSPS) is 11.5. The molecule has 0 saturated carbocycles. The van der Waals surface area contributed by atoms with Crippen LogP contribution in [0.5, 0.6) is 0 Å². The highest BCUT2D eigenvalue weighted by Gasteiger charge is 2.16. The monoisotopic (exact) mass is 279 g/mol. The Morgan fingerprint density at radius 3 is 2.65 bits per heavy atom. The van der Waals surface area contributed by atoms with Crippen LogP contribution < -0.4 is 5.32 Å². The van der Waals surface area contributed by atoms with Gasteiger partial charge in [-0.2, -0.15) is 0 Å². The first-order chi connectivity index (χ1) is 9.26. The third kappa shape index (κ3) is 7.09. The van der Waals surface area contributed by atoms with Gasteiger partial charge >= 0.3 is 6.09 Å². The number of anilines is 1. The van der Waals surface area contributed by atoms with Gasteiger partial charge in [-0.25, -0.2) is 4.79 Å². The van der Waals surface area contributed by atoms with Crippen molar-refractivity contribution in [3.63, 3.8) is 0 Å². The minimum atomic E-state index is -0.499. The first-order valence-corrected chi connectivity index (χ1v) is 6.85. The molecular weight excluding hydrogens is 254 g/mol. The Morgan fingerprint density at radius 2 is 2.05 bits per heavy atom. The fourth-order valence-corrected chi connectivity index (χ4v) is 1.71. The molecule has 1 aromatic rings. The topological polar surface area (TPSA) is 54.5 Å². The van der Waals surface area contributed by atoms with Gasteiger partial charge in [-0.1, -0.05) is 0 Å². The van der Waals surface area contributed by atoms with Crippen molar-refractivity contribution in [2.45, 2.75) is 39.2 Å². The molecule has 1 N–H and O–H groups in total. The molecule has 0 unspecified atom stereocenters. The molecule has 1 rings (SSSR count). The molecule has 0 bridgehead atoms. The van der Waals surface area contributed by atoms with Gasteiger partial charge in [-0.05, 0) is 65.9 Å². The summed E-state index contributed by atoms with van der Waals surface area (Å²) >= 11 is 0. The third-order valence-corrected chi connectivity index (χ3v) is 2.51. The van der Waals surface area contributed by atoms with E-state index in [9.17, 15) is 4.79 Å². The number of aryl methyl sites for hydroxylation is 1. The number of nitrogens with one attached hydrogen (secondary N) is 1. The van der Waals surface area contributed by atoms with Crippen molar-refractivity contribution >= 4 is 11.8 Å². The highest BCUT2D eigenvalue weighted by Crippen LogP contribution is 2.13. The number of aromatic nitrogens is 1. The van der Waals surface area contributed by atoms with E-state index < -0.39 is 11.7 Å². The van der Waals surface area contributed by atoms with Crippen LogP contribution in [0.3, 0.4) is 0 Å².